The van der Waals surface area contributed by atoms with Crippen molar-refractivity contribution >= 4 is 17.4 Å². The number of aryl methyl sites for hydroxylation is 1. The Morgan fingerprint density at radius 2 is 1.86 bits per heavy atom. The molecule has 0 aliphatic heterocycles. The van der Waals surface area contributed by atoms with Crippen molar-refractivity contribution < 1.29 is 4.79 Å². The van der Waals surface area contributed by atoms with Crippen LogP contribution in [0, 0.1) is 5.92 Å². The Kier molecular flexibility index (Phi) is 4.15. The summed E-state index contributed by atoms with van der Waals surface area (Å²) in [6.45, 7) is 3.82. The predicted molar refractivity (Wildman–Crippen MR) is 60.0 cm³/mol. The van der Waals surface area contributed by atoms with Gasteiger partial charge in [-0.15, -0.1) is 11.6 Å². The fourth-order valence-electron chi connectivity index (χ4n) is 1.28. The van der Waals surface area contributed by atoms with Crippen molar-refractivity contribution in [3.8, 4) is 0 Å². The Labute approximate surface area is 90.1 Å². The molecule has 0 aliphatic rings. The van der Waals surface area contributed by atoms with Crippen molar-refractivity contribution in [2.75, 3.05) is 5.88 Å². The number of Topliss-reactive ketones (excluding diaryl/α,β-unsaturated/α-hetero) is 1. The third-order valence-corrected chi connectivity index (χ3v) is 2.33. The molecule has 0 saturated heterocycles. The zero-order chi connectivity index (χ0) is 10.6. The minimum atomic E-state index is 0.0638. The molecule has 2 heteroatoms. The van der Waals surface area contributed by atoms with Gasteiger partial charge in [0.15, 0.2) is 5.78 Å². The molecule has 1 rings (SSSR count). The van der Waals surface area contributed by atoms with E-state index in [0.717, 1.165) is 12.0 Å². The average molecular weight is 211 g/mol. The summed E-state index contributed by atoms with van der Waals surface area (Å²) in [5, 5.41) is 0. The minimum Gasteiger partial charge on any atom is -0.294 e. The zero-order valence-corrected chi connectivity index (χ0v) is 9.34. The van der Waals surface area contributed by atoms with Gasteiger partial charge in [-0.25, -0.2) is 0 Å². The summed E-state index contributed by atoms with van der Waals surface area (Å²) in [5.74, 6) is 0.883. The van der Waals surface area contributed by atoms with Crippen LogP contribution < -0.4 is 0 Å². The standard InChI is InChI=1S/C12H15ClO/c1-9(2)12(14)11-5-3-10(4-6-11)7-8-13/h3-6,9H,7-8H2,1-2H3. The van der Waals surface area contributed by atoms with E-state index < -0.39 is 0 Å². The highest BCUT2D eigenvalue weighted by Gasteiger charge is 2.09. The Morgan fingerprint density at radius 3 is 2.29 bits per heavy atom. The lowest BCUT2D eigenvalue weighted by atomic mass is 10.00. The van der Waals surface area contributed by atoms with E-state index in [1.165, 1.54) is 5.56 Å². The summed E-state index contributed by atoms with van der Waals surface area (Å²) in [6.07, 6.45) is 0.859. The van der Waals surface area contributed by atoms with Gasteiger partial charge in [0.25, 0.3) is 0 Å². The van der Waals surface area contributed by atoms with Gasteiger partial charge in [0.2, 0.25) is 0 Å². The van der Waals surface area contributed by atoms with E-state index in [2.05, 4.69) is 0 Å². The number of alkyl halides is 1. The summed E-state index contributed by atoms with van der Waals surface area (Å²) in [6, 6.07) is 7.70. The highest BCUT2D eigenvalue weighted by molar-refractivity contribution is 6.18. The molecule has 0 aromatic heterocycles. The molecule has 0 unspecified atom stereocenters. The molecule has 0 N–H and O–H groups in total. The summed E-state index contributed by atoms with van der Waals surface area (Å²) in [5.41, 5.74) is 1.97. The van der Waals surface area contributed by atoms with Crippen molar-refractivity contribution in [2.24, 2.45) is 5.92 Å². The van der Waals surface area contributed by atoms with Crippen LogP contribution in [0.2, 0.25) is 0 Å². The quantitative estimate of drug-likeness (QED) is 0.551. The van der Waals surface area contributed by atoms with Gasteiger partial charge >= 0.3 is 0 Å². The molecule has 0 spiro atoms. The number of halogens is 1. The first-order valence-corrected chi connectivity index (χ1v) is 5.37. The fraction of sp³-hybridized carbons (Fsp3) is 0.417. The van der Waals surface area contributed by atoms with Crippen molar-refractivity contribution in [1.82, 2.24) is 0 Å². The van der Waals surface area contributed by atoms with Crippen molar-refractivity contribution in [3.05, 3.63) is 35.4 Å². The third kappa shape index (κ3) is 2.85. The van der Waals surface area contributed by atoms with Gasteiger partial charge in [0.1, 0.15) is 0 Å². The van der Waals surface area contributed by atoms with Gasteiger partial charge in [-0.05, 0) is 12.0 Å². The smallest absolute Gasteiger partial charge is 0.165 e. The monoisotopic (exact) mass is 210 g/mol. The third-order valence-electron chi connectivity index (χ3n) is 2.15. The molecule has 0 heterocycles. The zero-order valence-electron chi connectivity index (χ0n) is 8.59. The molecule has 76 valence electrons. The number of benzene rings is 1. The molecule has 0 amide bonds. The second kappa shape index (κ2) is 5.16. The summed E-state index contributed by atoms with van der Waals surface area (Å²) in [4.78, 5) is 11.6. The number of hydrogen-bond donors (Lipinski definition) is 0. The molecule has 0 fully saturated rings. The molecule has 1 aromatic carbocycles. The number of ketones is 1. The molecule has 1 nitrogen and oxygen atoms in total. The first kappa shape index (κ1) is 11.3. The highest BCUT2D eigenvalue weighted by Crippen LogP contribution is 2.10. The van der Waals surface area contributed by atoms with Crippen LogP contribution in [0.3, 0.4) is 0 Å². The van der Waals surface area contributed by atoms with E-state index in [9.17, 15) is 4.79 Å². The average Bonchev–Trinajstić information content (AvgIpc) is 2.18. The van der Waals surface area contributed by atoms with Gasteiger partial charge in [0, 0.05) is 17.4 Å². The number of carbonyl (C=O) groups excluding carboxylic acids is 1. The molecular weight excluding hydrogens is 196 g/mol. The molecule has 14 heavy (non-hydrogen) atoms. The lowest BCUT2D eigenvalue weighted by Gasteiger charge is -2.04. The topological polar surface area (TPSA) is 17.1 Å². The lowest BCUT2D eigenvalue weighted by molar-refractivity contribution is 0.0939. The minimum absolute atomic E-state index is 0.0638. The molecule has 0 saturated carbocycles. The van der Waals surface area contributed by atoms with Crippen LogP contribution in [0.4, 0.5) is 0 Å². The van der Waals surface area contributed by atoms with Gasteiger partial charge in [0.05, 0.1) is 0 Å². The molecular formula is C12H15ClO. The van der Waals surface area contributed by atoms with Crippen LogP contribution >= 0.6 is 11.6 Å². The predicted octanol–water partition coefficient (Wildman–Crippen LogP) is 3.31. The second-order valence-electron chi connectivity index (χ2n) is 3.65. The van der Waals surface area contributed by atoms with E-state index in [4.69, 9.17) is 11.6 Å². The molecule has 0 aliphatic carbocycles. The van der Waals surface area contributed by atoms with Gasteiger partial charge in [-0.2, -0.15) is 0 Å². The first-order valence-electron chi connectivity index (χ1n) is 4.84. The summed E-state index contributed by atoms with van der Waals surface area (Å²) < 4.78 is 0. The molecule has 0 bridgehead atoms. The van der Waals surface area contributed by atoms with Crippen LogP contribution in [0.1, 0.15) is 29.8 Å². The van der Waals surface area contributed by atoms with Crippen LogP contribution in [0.5, 0.6) is 0 Å². The maximum atomic E-state index is 11.6. The van der Waals surface area contributed by atoms with E-state index >= 15 is 0 Å². The Bertz CT molecular complexity index is 301. The molecule has 0 radical (unpaired) electrons. The second-order valence-corrected chi connectivity index (χ2v) is 4.03. The van der Waals surface area contributed by atoms with Crippen molar-refractivity contribution in [3.63, 3.8) is 0 Å². The van der Waals surface area contributed by atoms with Crippen LogP contribution in [0.15, 0.2) is 24.3 Å². The Balaban J connectivity index is 2.78. The van der Waals surface area contributed by atoms with E-state index in [0.29, 0.717) is 5.88 Å². The Hall–Kier alpha value is -0.820. The first-order chi connectivity index (χ1) is 6.65. The maximum absolute atomic E-state index is 11.6. The number of carbonyl (C=O) groups is 1. The van der Waals surface area contributed by atoms with Crippen molar-refractivity contribution in [1.29, 1.82) is 0 Å². The van der Waals surface area contributed by atoms with Gasteiger partial charge in [-0.1, -0.05) is 38.1 Å². The molecule has 0 atom stereocenters. The lowest BCUT2D eigenvalue weighted by Crippen LogP contribution is -2.07. The van der Waals surface area contributed by atoms with Crippen LogP contribution in [-0.4, -0.2) is 11.7 Å². The van der Waals surface area contributed by atoms with Gasteiger partial charge < -0.3 is 0 Å². The summed E-state index contributed by atoms with van der Waals surface area (Å²) in [7, 11) is 0. The van der Waals surface area contributed by atoms with Crippen LogP contribution in [0.25, 0.3) is 0 Å². The highest BCUT2D eigenvalue weighted by atomic mass is 35.5. The van der Waals surface area contributed by atoms with E-state index in [-0.39, 0.29) is 11.7 Å². The SMILES string of the molecule is CC(C)C(=O)c1ccc(CCCl)cc1. The maximum Gasteiger partial charge on any atom is 0.165 e. The normalized spacial score (nSPS) is 10.6. The fourth-order valence-corrected chi connectivity index (χ4v) is 1.50. The van der Waals surface area contributed by atoms with E-state index in [1.807, 2.05) is 38.1 Å². The van der Waals surface area contributed by atoms with Gasteiger partial charge in [-0.3, -0.25) is 4.79 Å². The number of rotatable bonds is 4. The van der Waals surface area contributed by atoms with Crippen molar-refractivity contribution in [2.45, 2.75) is 20.3 Å². The summed E-state index contributed by atoms with van der Waals surface area (Å²) >= 11 is 5.62. The largest absolute Gasteiger partial charge is 0.294 e. The molecule has 1 aromatic rings. The van der Waals surface area contributed by atoms with Crippen LogP contribution in [-0.2, 0) is 6.42 Å². The van der Waals surface area contributed by atoms with E-state index in [1.54, 1.807) is 0 Å². The number of hydrogen-bond acceptors (Lipinski definition) is 1. The Morgan fingerprint density at radius 1 is 1.29 bits per heavy atom.